The molecule has 0 aromatic heterocycles. The van der Waals surface area contributed by atoms with Crippen LogP contribution in [0.15, 0.2) is 0 Å². The van der Waals surface area contributed by atoms with Crippen LogP contribution < -0.4 is 0 Å². The van der Waals surface area contributed by atoms with Crippen LogP contribution in [0.25, 0.3) is 0 Å². The van der Waals surface area contributed by atoms with E-state index in [4.69, 9.17) is 5.11 Å². The predicted octanol–water partition coefficient (Wildman–Crippen LogP) is 2.12. The van der Waals surface area contributed by atoms with Crippen LogP contribution in [0.4, 0.5) is 0 Å². The van der Waals surface area contributed by atoms with Crippen LogP contribution in [0, 0.1) is 0 Å². The summed E-state index contributed by atoms with van der Waals surface area (Å²) < 4.78 is 0. The molecule has 82 valence electrons. The van der Waals surface area contributed by atoms with E-state index in [2.05, 4.69) is 11.8 Å². The molecule has 1 fully saturated rings. The fourth-order valence-electron chi connectivity index (χ4n) is 2.25. The number of rotatable bonds is 4. The molecule has 1 saturated heterocycles. The van der Waals surface area contributed by atoms with Crippen molar-refractivity contribution in [3.63, 3.8) is 0 Å². The molecule has 1 aliphatic rings. The van der Waals surface area contributed by atoms with E-state index in [1.807, 2.05) is 0 Å². The van der Waals surface area contributed by atoms with E-state index < -0.39 is 5.97 Å². The number of carbonyl (C=O) groups is 1. The molecule has 0 spiro atoms. The largest absolute Gasteiger partial charge is 0.481 e. The second-order valence-electron chi connectivity index (χ2n) is 4.14. The first-order valence-electron chi connectivity index (χ1n) is 5.70. The van der Waals surface area contributed by atoms with Gasteiger partial charge in [-0.15, -0.1) is 0 Å². The van der Waals surface area contributed by atoms with Crippen molar-refractivity contribution in [1.82, 2.24) is 4.90 Å². The Hall–Kier alpha value is -0.570. The molecule has 1 atom stereocenters. The second-order valence-corrected chi connectivity index (χ2v) is 4.14. The number of likely N-dealkylation sites (tertiary alicyclic amines) is 1. The van der Waals surface area contributed by atoms with Gasteiger partial charge < -0.3 is 5.11 Å². The van der Waals surface area contributed by atoms with E-state index in [9.17, 15) is 4.79 Å². The lowest BCUT2D eigenvalue weighted by molar-refractivity contribution is -0.138. The van der Waals surface area contributed by atoms with Crippen LogP contribution in [0.5, 0.6) is 0 Å². The predicted molar refractivity (Wildman–Crippen MR) is 56.4 cm³/mol. The van der Waals surface area contributed by atoms with Gasteiger partial charge in [-0.3, -0.25) is 9.69 Å². The molecule has 1 aliphatic heterocycles. The number of hydrogen-bond donors (Lipinski definition) is 1. The third-order valence-corrected chi connectivity index (χ3v) is 2.92. The minimum absolute atomic E-state index is 0.287. The van der Waals surface area contributed by atoms with Crippen LogP contribution in [0.1, 0.15) is 45.4 Å². The van der Waals surface area contributed by atoms with Gasteiger partial charge in [0.2, 0.25) is 0 Å². The summed E-state index contributed by atoms with van der Waals surface area (Å²) in [5.74, 6) is -0.655. The van der Waals surface area contributed by atoms with Crippen molar-refractivity contribution in [2.45, 2.75) is 51.5 Å². The molecule has 0 aromatic carbocycles. The average Bonchev–Trinajstić information content (AvgIpc) is 2.32. The van der Waals surface area contributed by atoms with Crippen molar-refractivity contribution in [2.24, 2.45) is 0 Å². The van der Waals surface area contributed by atoms with Crippen LogP contribution >= 0.6 is 0 Å². The van der Waals surface area contributed by atoms with Gasteiger partial charge in [-0.05, 0) is 32.4 Å². The molecule has 0 radical (unpaired) electrons. The van der Waals surface area contributed by atoms with Crippen molar-refractivity contribution in [3.8, 4) is 0 Å². The van der Waals surface area contributed by atoms with Crippen molar-refractivity contribution in [3.05, 3.63) is 0 Å². The minimum atomic E-state index is -0.655. The highest BCUT2D eigenvalue weighted by Crippen LogP contribution is 2.19. The molecule has 0 saturated carbocycles. The number of carboxylic acid groups (broad SMARTS) is 1. The van der Waals surface area contributed by atoms with Gasteiger partial charge >= 0.3 is 5.97 Å². The molecule has 3 nitrogen and oxygen atoms in total. The summed E-state index contributed by atoms with van der Waals surface area (Å²) >= 11 is 0. The summed E-state index contributed by atoms with van der Waals surface area (Å²) in [6, 6.07) is 0.287. The summed E-state index contributed by atoms with van der Waals surface area (Å²) in [7, 11) is 0. The Balaban J connectivity index is 2.49. The maximum atomic E-state index is 10.7. The van der Waals surface area contributed by atoms with Crippen LogP contribution in [-0.4, -0.2) is 35.1 Å². The third kappa shape index (κ3) is 3.66. The molecule has 0 bridgehead atoms. The van der Waals surface area contributed by atoms with E-state index in [1.165, 1.54) is 19.3 Å². The van der Waals surface area contributed by atoms with E-state index >= 15 is 0 Å². The van der Waals surface area contributed by atoms with Crippen molar-refractivity contribution < 1.29 is 9.90 Å². The molecule has 1 N–H and O–H groups in total. The first-order valence-corrected chi connectivity index (χ1v) is 5.70. The lowest BCUT2D eigenvalue weighted by atomic mass is 10.1. The molecule has 1 rings (SSSR count). The van der Waals surface area contributed by atoms with Gasteiger partial charge in [0.25, 0.3) is 0 Å². The average molecular weight is 199 g/mol. The number of aliphatic carboxylic acids is 1. The van der Waals surface area contributed by atoms with Crippen LogP contribution in [-0.2, 0) is 4.79 Å². The topological polar surface area (TPSA) is 40.5 Å². The van der Waals surface area contributed by atoms with E-state index in [1.54, 1.807) is 0 Å². The molecule has 0 aromatic rings. The Bertz CT molecular complexity index is 182. The Morgan fingerprint density at radius 3 is 2.86 bits per heavy atom. The molecule has 1 unspecified atom stereocenters. The minimum Gasteiger partial charge on any atom is -0.481 e. The standard InChI is InChI=1S/C11H21NO2/c1-2-7-12-8-5-3-4-6-10(12)9-11(13)14/h10H,2-9H2,1H3,(H,13,14). The fraction of sp³-hybridized carbons (Fsp3) is 0.909. The lowest BCUT2D eigenvalue weighted by Crippen LogP contribution is -2.37. The monoisotopic (exact) mass is 199 g/mol. The second kappa shape index (κ2) is 6.02. The number of nitrogens with zero attached hydrogens (tertiary/aromatic N) is 1. The molecule has 0 aliphatic carbocycles. The van der Waals surface area contributed by atoms with Crippen molar-refractivity contribution in [2.75, 3.05) is 13.1 Å². The summed E-state index contributed by atoms with van der Waals surface area (Å²) in [5.41, 5.74) is 0. The number of carboxylic acids is 1. The first-order chi connectivity index (χ1) is 6.74. The van der Waals surface area contributed by atoms with Gasteiger partial charge in [-0.25, -0.2) is 0 Å². The Labute approximate surface area is 86.1 Å². The maximum absolute atomic E-state index is 10.7. The maximum Gasteiger partial charge on any atom is 0.304 e. The summed E-state index contributed by atoms with van der Waals surface area (Å²) in [5, 5.41) is 8.82. The van der Waals surface area contributed by atoms with Gasteiger partial charge in [0, 0.05) is 6.04 Å². The molecular weight excluding hydrogens is 178 g/mol. The van der Waals surface area contributed by atoms with E-state index in [0.717, 1.165) is 25.9 Å². The molecule has 1 heterocycles. The highest BCUT2D eigenvalue weighted by molar-refractivity contribution is 5.67. The third-order valence-electron chi connectivity index (χ3n) is 2.92. The van der Waals surface area contributed by atoms with E-state index in [-0.39, 0.29) is 6.04 Å². The summed E-state index contributed by atoms with van der Waals surface area (Å²) in [6.45, 7) is 4.30. The zero-order valence-electron chi connectivity index (χ0n) is 9.04. The van der Waals surface area contributed by atoms with Crippen molar-refractivity contribution in [1.29, 1.82) is 0 Å². The van der Waals surface area contributed by atoms with Gasteiger partial charge in [0.15, 0.2) is 0 Å². The first kappa shape index (κ1) is 11.5. The summed E-state index contributed by atoms with van der Waals surface area (Å²) in [4.78, 5) is 13.1. The van der Waals surface area contributed by atoms with Gasteiger partial charge in [0.1, 0.15) is 0 Å². The molecule has 14 heavy (non-hydrogen) atoms. The van der Waals surface area contributed by atoms with Gasteiger partial charge in [-0.1, -0.05) is 19.8 Å². The Morgan fingerprint density at radius 2 is 2.21 bits per heavy atom. The molecular formula is C11H21NO2. The SMILES string of the molecule is CCCN1CCCCCC1CC(=O)O. The zero-order valence-corrected chi connectivity index (χ0v) is 9.04. The Morgan fingerprint density at radius 1 is 1.43 bits per heavy atom. The fourth-order valence-corrected chi connectivity index (χ4v) is 2.25. The quantitative estimate of drug-likeness (QED) is 0.754. The smallest absolute Gasteiger partial charge is 0.304 e. The highest BCUT2D eigenvalue weighted by atomic mass is 16.4. The Kier molecular flexibility index (Phi) is 4.94. The van der Waals surface area contributed by atoms with Gasteiger partial charge in [0.05, 0.1) is 6.42 Å². The molecule has 0 amide bonds. The van der Waals surface area contributed by atoms with Gasteiger partial charge in [-0.2, -0.15) is 0 Å². The van der Waals surface area contributed by atoms with Crippen molar-refractivity contribution >= 4 is 5.97 Å². The van der Waals surface area contributed by atoms with E-state index in [0.29, 0.717) is 6.42 Å². The molecule has 3 heteroatoms. The van der Waals surface area contributed by atoms with Crippen LogP contribution in [0.3, 0.4) is 0 Å². The lowest BCUT2D eigenvalue weighted by Gasteiger charge is -2.28. The highest BCUT2D eigenvalue weighted by Gasteiger charge is 2.22. The normalized spacial score (nSPS) is 24.5. The number of hydrogen-bond acceptors (Lipinski definition) is 2. The zero-order chi connectivity index (χ0) is 10.4. The summed E-state index contributed by atoms with van der Waals surface area (Å²) in [6.07, 6.45) is 6.19. The van der Waals surface area contributed by atoms with Crippen LogP contribution in [0.2, 0.25) is 0 Å².